The Balaban J connectivity index is 3.60. The molecule has 0 atom stereocenters. The molecule has 0 aliphatic carbocycles. The predicted octanol–water partition coefficient (Wildman–Crippen LogP) is 1.55. The molecule has 0 saturated heterocycles. The molecule has 0 amide bonds. The molecule has 2 heteroatoms. The molecule has 0 saturated carbocycles. The van der Waals surface area contributed by atoms with E-state index in [-0.39, 0.29) is 0 Å². The van der Waals surface area contributed by atoms with E-state index in [2.05, 4.69) is 19.5 Å². The topological polar surface area (TPSA) is 20.2 Å². The summed E-state index contributed by atoms with van der Waals surface area (Å²) in [5, 5.41) is 0. The molecule has 1 nitrogen and oxygen atoms in total. The van der Waals surface area contributed by atoms with Crippen molar-refractivity contribution in [3.05, 3.63) is 11.3 Å². The molecule has 0 heterocycles. The van der Waals surface area contributed by atoms with Gasteiger partial charge in [0, 0.05) is 0 Å². The van der Waals surface area contributed by atoms with Gasteiger partial charge in [0.1, 0.15) is 0 Å². The summed E-state index contributed by atoms with van der Waals surface area (Å²) in [6, 6.07) is 0. The van der Waals surface area contributed by atoms with Crippen LogP contribution in [0.2, 0.25) is 0 Å². The van der Waals surface area contributed by atoms with Crippen LogP contribution in [0.25, 0.3) is 0 Å². The first kappa shape index (κ1) is 9.92. The van der Waals surface area contributed by atoms with E-state index in [9.17, 15) is 0 Å². The minimum atomic E-state index is -0.836. The monoisotopic (exact) mass is 158 g/mol. The van der Waals surface area contributed by atoms with Gasteiger partial charge < -0.3 is 4.80 Å². The summed E-state index contributed by atoms with van der Waals surface area (Å²) in [4.78, 5) is 8.75. The molecule has 0 aliphatic rings. The van der Waals surface area contributed by atoms with Crippen LogP contribution in [0.1, 0.15) is 39.5 Å². The standard InChI is InChI=1S/C8H18OSi/c1-3-5-8(6-4-2)7-10-9/h7,9H,3-6,10H2,1-2H3. The lowest BCUT2D eigenvalue weighted by molar-refractivity contribution is 0.613. The minimum absolute atomic E-state index is 0.836. The van der Waals surface area contributed by atoms with E-state index < -0.39 is 9.76 Å². The molecular weight excluding hydrogens is 140 g/mol. The Labute approximate surface area is 66.1 Å². The molecule has 0 radical (unpaired) electrons. The number of hydrogen-bond donors (Lipinski definition) is 1. The first-order valence-corrected chi connectivity index (χ1v) is 5.58. The van der Waals surface area contributed by atoms with Crippen LogP contribution < -0.4 is 0 Å². The van der Waals surface area contributed by atoms with Crippen LogP contribution in [0.4, 0.5) is 0 Å². The van der Waals surface area contributed by atoms with E-state index >= 15 is 0 Å². The van der Waals surface area contributed by atoms with Crippen LogP contribution in [-0.2, 0) is 0 Å². The number of hydrogen-bond acceptors (Lipinski definition) is 1. The quantitative estimate of drug-likeness (QED) is 0.602. The van der Waals surface area contributed by atoms with Gasteiger partial charge >= 0.3 is 0 Å². The third kappa shape index (κ3) is 4.76. The van der Waals surface area contributed by atoms with Crippen molar-refractivity contribution in [1.29, 1.82) is 0 Å². The van der Waals surface area contributed by atoms with Crippen LogP contribution in [0.5, 0.6) is 0 Å². The van der Waals surface area contributed by atoms with Crippen molar-refractivity contribution in [2.24, 2.45) is 0 Å². The maximum absolute atomic E-state index is 8.75. The van der Waals surface area contributed by atoms with Crippen molar-refractivity contribution in [2.75, 3.05) is 0 Å². The van der Waals surface area contributed by atoms with E-state index in [0.717, 1.165) is 0 Å². The third-order valence-corrected chi connectivity index (χ3v) is 2.28. The highest BCUT2D eigenvalue weighted by molar-refractivity contribution is 6.32. The number of rotatable bonds is 5. The molecule has 10 heavy (non-hydrogen) atoms. The third-order valence-electron chi connectivity index (χ3n) is 1.52. The van der Waals surface area contributed by atoms with Crippen LogP contribution in [-0.4, -0.2) is 14.6 Å². The van der Waals surface area contributed by atoms with E-state index in [1.165, 1.54) is 31.3 Å². The smallest absolute Gasteiger partial charge is 0.180 e. The van der Waals surface area contributed by atoms with Crippen molar-refractivity contribution in [3.8, 4) is 0 Å². The average molecular weight is 158 g/mol. The molecule has 0 aromatic heterocycles. The Morgan fingerprint density at radius 2 is 1.80 bits per heavy atom. The first-order valence-electron chi connectivity index (χ1n) is 4.13. The maximum atomic E-state index is 8.75. The molecule has 0 aromatic carbocycles. The van der Waals surface area contributed by atoms with Crippen LogP contribution in [0, 0.1) is 0 Å². The van der Waals surface area contributed by atoms with Gasteiger partial charge in [0.25, 0.3) is 0 Å². The SMILES string of the molecule is CCCC(=C[SiH2]O)CCC. The molecule has 0 unspecified atom stereocenters. The van der Waals surface area contributed by atoms with Crippen LogP contribution in [0.15, 0.2) is 11.3 Å². The van der Waals surface area contributed by atoms with Gasteiger partial charge in [-0.25, -0.2) is 0 Å². The first-order chi connectivity index (χ1) is 4.85. The molecular formula is C8H18OSi. The van der Waals surface area contributed by atoms with Crippen molar-refractivity contribution in [1.82, 2.24) is 0 Å². The van der Waals surface area contributed by atoms with E-state index in [1.807, 2.05) is 0 Å². The molecule has 0 aromatic rings. The molecule has 0 spiro atoms. The lowest BCUT2D eigenvalue weighted by atomic mass is 10.1. The maximum Gasteiger partial charge on any atom is 0.180 e. The van der Waals surface area contributed by atoms with Crippen LogP contribution >= 0.6 is 0 Å². The van der Waals surface area contributed by atoms with Gasteiger partial charge in [0.05, 0.1) is 0 Å². The van der Waals surface area contributed by atoms with Crippen molar-refractivity contribution >= 4 is 9.76 Å². The zero-order valence-electron chi connectivity index (χ0n) is 7.06. The lowest BCUT2D eigenvalue weighted by Crippen LogP contribution is -1.88. The summed E-state index contributed by atoms with van der Waals surface area (Å²) < 4.78 is 0. The zero-order valence-corrected chi connectivity index (χ0v) is 8.47. The van der Waals surface area contributed by atoms with Crippen LogP contribution in [0.3, 0.4) is 0 Å². The van der Waals surface area contributed by atoms with E-state index in [1.54, 1.807) is 0 Å². The zero-order chi connectivity index (χ0) is 7.82. The molecule has 0 fully saturated rings. The van der Waals surface area contributed by atoms with Gasteiger partial charge in [-0.05, 0) is 12.8 Å². The van der Waals surface area contributed by atoms with Crippen molar-refractivity contribution in [2.45, 2.75) is 39.5 Å². The second-order valence-electron chi connectivity index (χ2n) is 2.54. The average Bonchev–Trinajstić information content (AvgIpc) is 1.90. The van der Waals surface area contributed by atoms with E-state index in [0.29, 0.717) is 0 Å². The minimum Gasteiger partial charge on any atom is -0.434 e. The summed E-state index contributed by atoms with van der Waals surface area (Å²) in [7, 11) is -0.836. The summed E-state index contributed by atoms with van der Waals surface area (Å²) in [6.07, 6.45) is 4.78. The Kier molecular flexibility index (Phi) is 6.97. The largest absolute Gasteiger partial charge is 0.434 e. The van der Waals surface area contributed by atoms with Gasteiger partial charge in [-0.3, -0.25) is 0 Å². The second kappa shape index (κ2) is 7.03. The fourth-order valence-corrected chi connectivity index (χ4v) is 1.77. The molecule has 1 N–H and O–H groups in total. The Morgan fingerprint density at radius 3 is 2.10 bits per heavy atom. The van der Waals surface area contributed by atoms with Gasteiger partial charge in [-0.15, -0.1) is 0 Å². The molecule has 0 rings (SSSR count). The fraction of sp³-hybridized carbons (Fsp3) is 0.750. The molecule has 60 valence electrons. The van der Waals surface area contributed by atoms with Gasteiger partial charge in [0.15, 0.2) is 9.76 Å². The van der Waals surface area contributed by atoms with Gasteiger partial charge in [-0.1, -0.05) is 38.0 Å². The summed E-state index contributed by atoms with van der Waals surface area (Å²) in [5.74, 6) is 0. The molecule has 0 bridgehead atoms. The Morgan fingerprint density at radius 1 is 1.30 bits per heavy atom. The van der Waals surface area contributed by atoms with Gasteiger partial charge in [0.2, 0.25) is 0 Å². The van der Waals surface area contributed by atoms with Crippen molar-refractivity contribution in [3.63, 3.8) is 0 Å². The highest BCUT2D eigenvalue weighted by Gasteiger charge is 1.92. The summed E-state index contributed by atoms with van der Waals surface area (Å²) in [5.41, 5.74) is 3.55. The van der Waals surface area contributed by atoms with Gasteiger partial charge in [-0.2, -0.15) is 0 Å². The van der Waals surface area contributed by atoms with Crippen molar-refractivity contribution < 1.29 is 4.80 Å². The predicted molar refractivity (Wildman–Crippen MR) is 48.7 cm³/mol. The highest BCUT2D eigenvalue weighted by atomic mass is 28.2. The second-order valence-corrected chi connectivity index (χ2v) is 3.32. The van der Waals surface area contributed by atoms with E-state index in [4.69, 9.17) is 4.80 Å². The normalized spacial score (nSPS) is 10.7. The molecule has 0 aliphatic heterocycles. The Bertz CT molecular complexity index is 91.4. The Hall–Kier alpha value is -0.0831. The number of allylic oxidation sites excluding steroid dienone is 1. The summed E-state index contributed by atoms with van der Waals surface area (Å²) >= 11 is 0. The fourth-order valence-electron chi connectivity index (χ4n) is 1.10. The lowest BCUT2D eigenvalue weighted by Gasteiger charge is -2.01. The summed E-state index contributed by atoms with van der Waals surface area (Å²) in [6.45, 7) is 4.37. The highest BCUT2D eigenvalue weighted by Crippen LogP contribution is 2.10.